The molecule has 0 atom stereocenters. The van der Waals surface area contributed by atoms with Crippen LogP contribution in [0.1, 0.15) is 27.2 Å². The molecular weight excluding hydrogens is 444 g/mol. The zero-order valence-corrected chi connectivity index (χ0v) is 20.7. The number of benzene rings is 2. The molecule has 0 spiro atoms. The van der Waals surface area contributed by atoms with Gasteiger partial charge in [-0.15, -0.1) is 0 Å². The highest BCUT2D eigenvalue weighted by molar-refractivity contribution is 8.13. The van der Waals surface area contributed by atoms with Gasteiger partial charge in [0.05, 0.1) is 11.2 Å². The third-order valence-electron chi connectivity index (χ3n) is 5.71. The van der Waals surface area contributed by atoms with E-state index in [1.54, 1.807) is 29.9 Å². The van der Waals surface area contributed by atoms with Gasteiger partial charge in [0.1, 0.15) is 0 Å². The first-order chi connectivity index (χ1) is 16.3. The Morgan fingerprint density at radius 2 is 1.74 bits per heavy atom. The number of aryl methyl sites for hydroxylation is 4. The summed E-state index contributed by atoms with van der Waals surface area (Å²) in [5, 5.41) is 4.25. The molecule has 0 bridgehead atoms. The molecule has 6 nitrogen and oxygen atoms in total. The molecule has 2 heterocycles. The molecule has 172 valence electrons. The van der Waals surface area contributed by atoms with Crippen molar-refractivity contribution in [2.24, 2.45) is 12.0 Å². The molecule has 34 heavy (non-hydrogen) atoms. The van der Waals surface area contributed by atoms with E-state index in [-0.39, 0.29) is 11.5 Å². The van der Waals surface area contributed by atoms with Gasteiger partial charge in [-0.3, -0.25) is 14.6 Å². The number of carbonyl (C=O) groups excluding carboxylic acids is 1. The normalized spacial score (nSPS) is 11.6. The zero-order valence-electron chi connectivity index (χ0n) is 19.8. The summed E-state index contributed by atoms with van der Waals surface area (Å²) in [6.45, 7) is 5.85. The minimum atomic E-state index is -0.216. The number of nitrogens with zero attached hydrogens (tertiary/aromatic N) is 3. The Morgan fingerprint density at radius 1 is 1.00 bits per heavy atom. The first kappa shape index (κ1) is 23.4. The second-order valence-corrected chi connectivity index (χ2v) is 9.04. The fourth-order valence-corrected chi connectivity index (χ4v) is 4.14. The van der Waals surface area contributed by atoms with Gasteiger partial charge in [0.25, 0.3) is 11.5 Å². The second-order valence-electron chi connectivity index (χ2n) is 8.25. The first-order valence-electron chi connectivity index (χ1n) is 10.8. The van der Waals surface area contributed by atoms with Crippen molar-refractivity contribution in [2.45, 2.75) is 20.8 Å². The predicted octanol–water partition coefficient (Wildman–Crippen LogP) is 5.31. The predicted molar refractivity (Wildman–Crippen MR) is 141 cm³/mol. The van der Waals surface area contributed by atoms with Gasteiger partial charge in [0.15, 0.2) is 5.17 Å². The summed E-state index contributed by atoms with van der Waals surface area (Å²) in [6, 6.07) is 16.9. The molecule has 0 saturated carbocycles. The van der Waals surface area contributed by atoms with Crippen molar-refractivity contribution in [3.8, 4) is 11.1 Å². The molecule has 0 aliphatic carbocycles. The Morgan fingerprint density at radius 3 is 2.44 bits per heavy atom. The van der Waals surface area contributed by atoms with E-state index in [9.17, 15) is 9.59 Å². The number of fused-ring (bicyclic) bond motifs is 1. The molecule has 4 aromatic rings. The van der Waals surface area contributed by atoms with Crippen molar-refractivity contribution in [3.63, 3.8) is 0 Å². The summed E-state index contributed by atoms with van der Waals surface area (Å²) < 4.78 is 1.66. The van der Waals surface area contributed by atoms with Gasteiger partial charge in [-0.2, -0.15) is 0 Å². The molecule has 0 unspecified atom stereocenters. The van der Waals surface area contributed by atoms with Gasteiger partial charge in [-0.1, -0.05) is 35.5 Å². The highest BCUT2D eigenvalue weighted by Gasteiger charge is 2.13. The van der Waals surface area contributed by atoms with E-state index in [1.165, 1.54) is 11.8 Å². The number of hydrogen-bond donors (Lipinski definition) is 1. The van der Waals surface area contributed by atoms with E-state index in [2.05, 4.69) is 15.3 Å². The molecule has 0 radical (unpaired) electrons. The topological polar surface area (TPSA) is 76.3 Å². The van der Waals surface area contributed by atoms with E-state index in [0.717, 1.165) is 33.3 Å². The van der Waals surface area contributed by atoms with Gasteiger partial charge in [-0.05, 0) is 74.6 Å². The summed E-state index contributed by atoms with van der Waals surface area (Å²) in [4.78, 5) is 34.9. The smallest absolute Gasteiger partial charge is 0.258 e. The average molecular weight is 471 g/mol. The van der Waals surface area contributed by atoms with Gasteiger partial charge < -0.3 is 9.88 Å². The molecule has 0 aliphatic heterocycles. The van der Waals surface area contributed by atoms with Crippen LogP contribution in [-0.4, -0.2) is 26.9 Å². The maximum absolute atomic E-state index is 13.2. The first-order valence-corrected chi connectivity index (χ1v) is 12.1. The molecule has 2 aromatic heterocycles. The average Bonchev–Trinajstić information content (AvgIpc) is 2.83. The van der Waals surface area contributed by atoms with Crippen molar-refractivity contribution in [1.82, 2.24) is 14.9 Å². The van der Waals surface area contributed by atoms with Crippen LogP contribution < -0.4 is 10.9 Å². The summed E-state index contributed by atoms with van der Waals surface area (Å²) in [5.41, 5.74) is 6.29. The number of aromatic nitrogens is 2. The van der Waals surface area contributed by atoms with Crippen LogP contribution in [0.5, 0.6) is 0 Å². The Labute approximate surface area is 202 Å². The van der Waals surface area contributed by atoms with Gasteiger partial charge in [-0.25, -0.2) is 4.99 Å². The molecule has 1 amide bonds. The Bertz CT molecular complexity index is 1490. The Kier molecular flexibility index (Phi) is 6.65. The SMILES string of the molecule is CSC(=Nc1ccc(C)c(-c2cc3cnc(C)cc3n(C)c2=O)c1)NC(=O)c1ccc(C)cc1. The third kappa shape index (κ3) is 4.79. The lowest BCUT2D eigenvalue weighted by atomic mass is 9.99. The summed E-state index contributed by atoms with van der Waals surface area (Å²) in [7, 11) is 1.78. The number of pyridine rings is 2. The monoisotopic (exact) mass is 470 g/mol. The van der Waals surface area contributed by atoms with Crippen molar-refractivity contribution < 1.29 is 4.79 Å². The standard InChI is InChI=1S/C27H26N4O2S/c1-16-6-9-19(10-7-16)25(32)30-27(34-5)29-21-11-8-17(2)22(14-21)23-13-20-15-28-18(3)12-24(20)31(4)26(23)33/h6-15H,1-5H3,(H,29,30,32). The lowest BCUT2D eigenvalue weighted by Crippen LogP contribution is -2.28. The number of hydrogen-bond acceptors (Lipinski definition) is 5. The van der Waals surface area contributed by atoms with E-state index >= 15 is 0 Å². The quantitative estimate of drug-likeness (QED) is 0.325. The zero-order chi connectivity index (χ0) is 24.4. The number of rotatable bonds is 3. The molecular formula is C27H26N4O2S. The van der Waals surface area contributed by atoms with Crippen molar-refractivity contribution in [3.05, 3.63) is 93.5 Å². The van der Waals surface area contributed by atoms with Crippen molar-refractivity contribution in [2.75, 3.05) is 6.26 Å². The number of aliphatic imine (C=N–C) groups is 1. The number of amidine groups is 1. The minimum Gasteiger partial charge on any atom is -0.311 e. The van der Waals surface area contributed by atoms with Crippen LogP contribution in [0, 0.1) is 20.8 Å². The second kappa shape index (κ2) is 9.65. The van der Waals surface area contributed by atoms with Crippen molar-refractivity contribution >= 4 is 39.4 Å². The number of amides is 1. The number of thioether (sulfide) groups is 1. The van der Waals surface area contributed by atoms with Gasteiger partial charge >= 0.3 is 0 Å². The van der Waals surface area contributed by atoms with Crippen LogP contribution in [0.4, 0.5) is 5.69 Å². The summed E-state index contributed by atoms with van der Waals surface area (Å²) >= 11 is 1.35. The highest BCUT2D eigenvalue weighted by atomic mass is 32.2. The number of nitrogens with one attached hydrogen (secondary N) is 1. The largest absolute Gasteiger partial charge is 0.311 e. The van der Waals surface area contributed by atoms with Crippen LogP contribution in [0.3, 0.4) is 0 Å². The maximum Gasteiger partial charge on any atom is 0.258 e. The lowest BCUT2D eigenvalue weighted by molar-refractivity contribution is 0.0978. The minimum absolute atomic E-state index is 0.0832. The van der Waals surface area contributed by atoms with Crippen LogP contribution in [-0.2, 0) is 7.05 Å². The molecule has 0 aliphatic rings. The van der Waals surface area contributed by atoms with Gasteiger partial charge in [0.2, 0.25) is 0 Å². The van der Waals surface area contributed by atoms with E-state index in [4.69, 9.17) is 0 Å². The van der Waals surface area contributed by atoms with Crippen LogP contribution >= 0.6 is 11.8 Å². The Hall–Kier alpha value is -3.71. The van der Waals surface area contributed by atoms with E-state index in [1.807, 2.05) is 69.5 Å². The van der Waals surface area contributed by atoms with Crippen molar-refractivity contribution in [1.29, 1.82) is 0 Å². The molecule has 4 rings (SSSR count). The lowest BCUT2D eigenvalue weighted by Gasteiger charge is -2.12. The maximum atomic E-state index is 13.2. The fourth-order valence-electron chi connectivity index (χ4n) is 3.74. The van der Waals surface area contributed by atoms with Crippen LogP contribution in [0.15, 0.2) is 70.6 Å². The third-order valence-corrected chi connectivity index (χ3v) is 6.29. The molecule has 0 saturated heterocycles. The van der Waals surface area contributed by atoms with Gasteiger partial charge in [0, 0.05) is 35.5 Å². The highest BCUT2D eigenvalue weighted by Crippen LogP contribution is 2.28. The van der Waals surface area contributed by atoms with E-state index in [0.29, 0.717) is 22.0 Å². The van der Waals surface area contributed by atoms with Crippen LogP contribution in [0.25, 0.3) is 22.0 Å². The summed E-state index contributed by atoms with van der Waals surface area (Å²) in [5.74, 6) is -0.216. The molecule has 1 N–H and O–H groups in total. The fraction of sp³-hybridized carbons (Fsp3) is 0.185. The summed E-state index contributed by atoms with van der Waals surface area (Å²) in [6.07, 6.45) is 3.65. The molecule has 7 heteroatoms. The molecule has 0 fully saturated rings. The Balaban J connectivity index is 1.72. The van der Waals surface area contributed by atoms with E-state index < -0.39 is 0 Å². The van der Waals surface area contributed by atoms with Crippen LogP contribution in [0.2, 0.25) is 0 Å². The number of carbonyl (C=O) groups is 1. The molecule has 2 aromatic carbocycles.